The van der Waals surface area contributed by atoms with Gasteiger partial charge < -0.3 is 15.2 Å². The quantitative estimate of drug-likeness (QED) is 0.556. The molecule has 0 saturated carbocycles. The van der Waals surface area contributed by atoms with Gasteiger partial charge in [-0.1, -0.05) is 13.0 Å². The third kappa shape index (κ3) is 5.54. The van der Waals surface area contributed by atoms with Gasteiger partial charge in [0.15, 0.2) is 11.5 Å². The molecule has 1 rings (SSSR count). The molecule has 2 N–H and O–H groups in total. The van der Waals surface area contributed by atoms with E-state index in [9.17, 15) is 0 Å². The third-order valence-electron chi connectivity index (χ3n) is 3.05. The van der Waals surface area contributed by atoms with Crippen LogP contribution < -0.4 is 15.2 Å². The maximum Gasteiger partial charge on any atom is 0.161 e. The fraction of sp³-hybridized carbons (Fsp3) is 0.529. The fourth-order valence-corrected chi connectivity index (χ4v) is 1.87. The summed E-state index contributed by atoms with van der Waals surface area (Å²) in [7, 11) is 0. The molecule has 1 unspecified atom stereocenters. The fourth-order valence-electron chi connectivity index (χ4n) is 1.87. The molecule has 20 heavy (non-hydrogen) atoms. The molecule has 0 fully saturated rings. The van der Waals surface area contributed by atoms with Crippen molar-refractivity contribution in [2.75, 3.05) is 13.2 Å². The van der Waals surface area contributed by atoms with Crippen molar-refractivity contribution < 1.29 is 9.47 Å². The van der Waals surface area contributed by atoms with Gasteiger partial charge in [0, 0.05) is 12.5 Å². The Labute approximate surface area is 122 Å². The van der Waals surface area contributed by atoms with Crippen LogP contribution in [0, 0.1) is 12.3 Å². The van der Waals surface area contributed by atoms with Crippen LogP contribution in [0.4, 0.5) is 0 Å². The molecule has 3 nitrogen and oxygen atoms in total. The van der Waals surface area contributed by atoms with Crippen LogP contribution in [0.3, 0.4) is 0 Å². The maximum atomic E-state index is 5.99. The van der Waals surface area contributed by atoms with Crippen LogP contribution in [-0.4, -0.2) is 19.3 Å². The van der Waals surface area contributed by atoms with Crippen molar-refractivity contribution in [1.29, 1.82) is 0 Å². The Balaban J connectivity index is 2.71. The van der Waals surface area contributed by atoms with Gasteiger partial charge in [0.05, 0.1) is 13.2 Å². The molecule has 0 spiro atoms. The van der Waals surface area contributed by atoms with Crippen molar-refractivity contribution in [3.05, 3.63) is 23.8 Å². The summed E-state index contributed by atoms with van der Waals surface area (Å²) in [5.41, 5.74) is 7.17. The van der Waals surface area contributed by atoms with Crippen LogP contribution in [0.25, 0.3) is 0 Å². The van der Waals surface area contributed by atoms with Crippen molar-refractivity contribution in [2.45, 2.75) is 45.6 Å². The number of nitrogens with two attached hydrogens (primary N) is 1. The highest BCUT2D eigenvalue weighted by Gasteiger charge is 2.08. The van der Waals surface area contributed by atoms with Crippen molar-refractivity contribution in [3.8, 4) is 23.8 Å². The Hall–Kier alpha value is -1.66. The second-order valence-electron chi connectivity index (χ2n) is 4.74. The molecule has 1 aromatic carbocycles. The molecule has 110 valence electrons. The molecule has 0 radical (unpaired) electrons. The highest BCUT2D eigenvalue weighted by Crippen LogP contribution is 2.29. The lowest BCUT2D eigenvalue weighted by atomic mass is 10.0. The van der Waals surface area contributed by atoms with Gasteiger partial charge in [-0.2, -0.15) is 0 Å². The summed E-state index contributed by atoms with van der Waals surface area (Å²) in [6, 6.07) is 6.22. The Bertz CT molecular complexity index is 437. The third-order valence-corrected chi connectivity index (χ3v) is 3.05. The van der Waals surface area contributed by atoms with Crippen LogP contribution in [0.1, 0.15) is 38.7 Å². The summed E-state index contributed by atoms with van der Waals surface area (Å²) in [5, 5.41) is 0. The Morgan fingerprint density at radius 3 is 2.70 bits per heavy atom. The van der Waals surface area contributed by atoms with E-state index in [1.807, 2.05) is 19.1 Å². The minimum Gasteiger partial charge on any atom is -0.490 e. The number of unbranched alkanes of at least 4 members (excludes halogenated alkanes) is 1. The minimum atomic E-state index is 0.187. The van der Waals surface area contributed by atoms with Crippen molar-refractivity contribution in [1.82, 2.24) is 0 Å². The highest BCUT2D eigenvalue weighted by atomic mass is 16.5. The molecule has 0 aliphatic rings. The molecule has 0 saturated heterocycles. The van der Waals surface area contributed by atoms with E-state index in [1.54, 1.807) is 0 Å². The zero-order valence-electron chi connectivity index (χ0n) is 12.5. The molecule has 1 aromatic rings. The van der Waals surface area contributed by atoms with E-state index in [0.29, 0.717) is 13.2 Å². The average molecular weight is 275 g/mol. The van der Waals surface area contributed by atoms with Crippen LogP contribution in [-0.2, 0) is 6.42 Å². The van der Waals surface area contributed by atoms with E-state index in [2.05, 4.69) is 18.9 Å². The summed E-state index contributed by atoms with van der Waals surface area (Å²) in [4.78, 5) is 0. The highest BCUT2D eigenvalue weighted by molar-refractivity contribution is 5.43. The van der Waals surface area contributed by atoms with E-state index >= 15 is 0 Å². The summed E-state index contributed by atoms with van der Waals surface area (Å²) in [5.74, 6) is 4.17. The first kappa shape index (κ1) is 16.4. The second kappa shape index (κ2) is 9.28. The summed E-state index contributed by atoms with van der Waals surface area (Å²) in [6.45, 7) is 5.28. The predicted molar refractivity (Wildman–Crippen MR) is 83.1 cm³/mol. The molecule has 1 atom stereocenters. The normalized spacial score (nSPS) is 11.7. The van der Waals surface area contributed by atoms with Crippen molar-refractivity contribution >= 4 is 0 Å². The first-order valence-corrected chi connectivity index (χ1v) is 7.28. The molecule has 0 aromatic heterocycles. The lowest BCUT2D eigenvalue weighted by Gasteiger charge is -2.14. The standard InChI is InChI=1S/C17H25NO2/c1-4-7-8-11-20-16-10-9-14(12-15(18)5-2)13-17(16)19-6-3/h1,9-10,13,15H,5-8,11-12,18H2,2-3H3. The van der Waals surface area contributed by atoms with Gasteiger partial charge in [-0.3, -0.25) is 0 Å². The van der Waals surface area contributed by atoms with Gasteiger partial charge in [-0.05, 0) is 43.9 Å². The van der Waals surface area contributed by atoms with Gasteiger partial charge in [0.25, 0.3) is 0 Å². The van der Waals surface area contributed by atoms with E-state index in [1.165, 1.54) is 5.56 Å². The molecular weight excluding hydrogens is 250 g/mol. The van der Waals surface area contributed by atoms with Crippen LogP contribution >= 0.6 is 0 Å². The number of terminal acetylenes is 1. The Morgan fingerprint density at radius 2 is 2.05 bits per heavy atom. The van der Waals surface area contributed by atoms with E-state index in [4.69, 9.17) is 21.6 Å². The molecule has 0 aliphatic carbocycles. The average Bonchev–Trinajstić information content (AvgIpc) is 2.45. The number of ether oxygens (including phenoxy) is 2. The topological polar surface area (TPSA) is 44.5 Å². The van der Waals surface area contributed by atoms with Gasteiger partial charge >= 0.3 is 0 Å². The summed E-state index contributed by atoms with van der Waals surface area (Å²) in [6.07, 6.45) is 8.63. The summed E-state index contributed by atoms with van der Waals surface area (Å²) < 4.78 is 11.4. The predicted octanol–water partition coefficient (Wildman–Crippen LogP) is 3.16. The SMILES string of the molecule is C#CCCCOc1ccc(CC(N)CC)cc1OCC. The molecular formula is C17H25NO2. The Kier molecular flexibility index (Phi) is 7.60. The molecule has 3 heteroatoms. The first-order chi connectivity index (χ1) is 9.71. The van der Waals surface area contributed by atoms with Crippen LogP contribution in [0.15, 0.2) is 18.2 Å². The zero-order chi connectivity index (χ0) is 14.8. The molecule has 0 aliphatic heterocycles. The largest absolute Gasteiger partial charge is 0.490 e. The van der Waals surface area contributed by atoms with E-state index < -0.39 is 0 Å². The van der Waals surface area contributed by atoms with E-state index in [-0.39, 0.29) is 6.04 Å². The first-order valence-electron chi connectivity index (χ1n) is 7.28. The molecule has 0 amide bonds. The van der Waals surface area contributed by atoms with Gasteiger partial charge in [-0.25, -0.2) is 0 Å². The number of hydrogen-bond donors (Lipinski definition) is 1. The maximum absolute atomic E-state index is 5.99. The number of rotatable bonds is 9. The van der Waals surface area contributed by atoms with Gasteiger partial charge in [-0.15, -0.1) is 12.3 Å². The van der Waals surface area contributed by atoms with Gasteiger partial charge in [0.1, 0.15) is 0 Å². The lowest BCUT2D eigenvalue weighted by Crippen LogP contribution is -2.21. The van der Waals surface area contributed by atoms with E-state index in [0.717, 1.165) is 37.2 Å². The molecule has 0 heterocycles. The van der Waals surface area contributed by atoms with Crippen LogP contribution in [0.2, 0.25) is 0 Å². The minimum absolute atomic E-state index is 0.187. The van der Waals surface area contributed by atoms with Crippen LogP contribution in [0.5, 0.6) is 11.5 Å². The van der Waals surface area contributed by atoms with Crippen molar-refractivity contribution in [3.63, 3.8) is 0 Å². The monoisotopic (exact) mass is 275 g/mol. The lowest BCUT2D eigenvalue weighted by molar-refractivity contribution is 0.274. The second-order valence-corrected chi connectivity index (χ2v) is 4.74. The zero-order valence-corrected chi connectivity index (χ0v) is 12.5. The smallest absolute Gasteiger partial charge is 0.161 e. The number of benzene rings is 1. The summed E-state index contributed by atoms with van der Waals surface area (Å²) >= 11 is 0. The number of hydrogen-bond acceptors (Lipinski definition) is 3. The van der Waals surface area contributed by atoms with Gasteiger partial charge in [0.2, 0.25) is 0 Å². The molecule has 0 bridgehead atoms. The van der Waals surface area contributed by atoms with Crippen molar-refractivity contribution in [2.24, 2.45) is 5.73 Å². The Morgan fingerprint density at radius 1 is 1.25 bits per heavy atom.